The number of aromatic nitrogens is 1. The molecule has 0 spiro atoms. The minimum atomic E-state index is -0.510. The zero-order chi connectivity index (χ0) is 22.7. The number of hydrogen-bond acceptors (Lipinski definition) is 6. The molecule has 3 aromatic rings. The van der Waals surface area contributed by atoms with Gasteiger partial charge in [0.1, 0.15) is 11.6 Å². The minimum Gasteiger partial charge on any atom is -0.450 e. The molecule has 0 aliphatic heterocycles. The van der Waals surface area contributed by atoms with E-state index in [2.05, 4.69) is 5.10 Å². The van der Waals surface area contributed by atoms with Crippen molar-refractivity contribution in [1.82, 2.24) is 4.68 Å². The summed E-state index contributed by atoms with van der Waals surface area (Å²) in [7, 11) is 0. The van der Waals surface area contributed by atoms with Gasteiger partial charge >= 0.3 is 5.69 Å². The zero-order valence-electron chi connectivity index (χ0n) is 17.8. The molecule has 160 valence electrons. The lowest BCUT2D eigenvalue weighted by Gasteiger charge is -2.15. The second-order valence-electron chi connectivity index (χ2n) is 7.63. The van der Waals surface area contributed by atoms with Crippen molar-refractivity contribution in [3.63, 3.8) is 0 Å². The van der Waals surface area contributed by atoms with Gasteiger partial charge in [0, 0.05) is 17.7 Å². The number of nitrogen functional groups attached to an aromatic ring is 1. The Labute approximate surface area is 179 Å². The Hall–Kier alpha value is -3.94. The summed E-state index contributed by atoms with van der Waals surface area (Å²) in [4.78, 5) is 23.2. The smallest absolute Gasteiger partial charge is 0.312 e. The number of benzene rings is 2. The van der Waals surface area contributed by atoms with E-state index < -0.39 is 4.92 Å². The van der Waals surface area contributed by atoms with Crippen LogP contribution in [0.25, 0.3) is 0 Å². The standard InChI is InChI=1S/C23H24N4O4/c1-14(2)18-7-5-15(3)9-21(18)31-20-8-6-17(12-19(20)27(29)30)13-25-26-22(24)10-16(4)11-23(26)28/h5-14H,24H2,1-4H3/b25-13-. The number of nitro groups is 1. The third kappa shape index (κ3) is 4.98. The number of rotatable bonds is 6. The number of nitro benzene ring substituents is 1. The Kier molecular flexibility index (Phi) is 6.20. The molecule has 3 rings (SSSR count). The van der Waals surface area contributed by atoms with E-state index in [4.69, 9.17) is 10.5 Å². The summed E-state index contributed by atoms with van der Waals surface area (Å²) >= 11 is 0. The molecule has 0 aliphatic rings. The van der Waals surface area contributed by atoms with Crippen LogP contribution in [0.2, 0.25) is 0 Å². The van der Waals surface area contributed by atoms with E-state index in [0.29, 0.717) is 11.3 Å². The van der Waals surface area contributed by atoms with Gasteiger partial charge in [0.25, 0.3) is 5.56 Å². The van der Waals surface area contributed by atoms with Crippen LogP contribution >= 0.6 is 0 Å². The molecule has 1 heterocycles. The lowest BCUT2D eigenvalue weighted by Crippen LogP contribution is -2.19. The quantitative estimate of drug-likeness (QED) is 0.351. The fourth-order valence-corrected chi connectivity index (χ4v) is 3.14. The minimum absolute atomic E-state index is 0.127. The molecular formula is C23H24N4O4. The highest BCUT2D eigenvalue weighted by molar-refractivity contribution is 5.81. The van der Waals surface area contributed by atoms with E-state index in [0.717, 1.165) is 21.4 Å². The Balaban J connectivity index is 1.97. The normalized spacial score (nSPS) is 11.3. The van der Waals surface area contributed by atoms with Crippen LogP contribution in [0, 0.1) is 24.0 Å². The first kappa shape index (κ1) is 21.8. The molecule has 0 amide bonds. The van der Waals surface area contributed by atoms with Crippen molar-refractivity contribution in [2.75, 3.05) is 5.73 Å². The molecule has 8 heteroatoms. The van der Waals surface area contributed by atoms with Crippen LogP contribution in [0.4, 0.5) is 11.5 Å². The van der Waals surface area contributed by atoms with Crippen molar-refractivity contribution in [3.05, 3.63) is 91.3 Å². The molecule has 8 nitrogen and oxygen atoms in total. The van der Waals surface area contributed by atoms with Crippen LogP contribution in [0.1, 0.15) is 42.0 Å². The number of ether oxygens (including phenoxy) is 1. The van der Waals surface area contributed by atoms with Gasteiger partial charge in [-0.05, 0) is 60.7 Å². The topological polar surface area (TPSA) is 113 Å². The molecular weight excluding hydrogens is 396 g/mol. The summed E-state index contributed by atoms with van der Waals surface area (Å²) in [5.74, 6) is 1.08. The fourth-order valence-electron chi connectivity index (χ4n) is 3.14. The number of pyridine rings is 1. The average molecular weight is 420 g/mol. The van der Waals surface area contributed by atoms with Crippen molar-refractivity contribution in [2.24, 2.45) is 5.10 Å². The van der Waals surface area contributed by atoms with Crippen LogP contribution in [-0.4, -0.2) is 15.8 Å². The fraction of sp³-hybridized carbons (Fsp3) is 0.217. The molecule has 0 aliphatic carbocycles. The third-order valence-corrected chi connectivity index (χ3v) is 4.69. The van der Waals surface area contributed by atoms with Crippen molar-refractivity contribution < 1.29 is 9.66 Å². The Bertz CT molecular complexity index is 1230. The van der Waals surface area contributed by atoms with Crippen LogP contribution in [0.5, 0.6) is 11.5 Å². The van der Waals surface area contributed by atoms with E-state index in [9.17, 15) is 14.9 Å². The zero-order valence-corrected chi connectivity index (χ0v) is 17.8. The molecule has 2 N–H and O–H groups in total. The van der Waals surface area contributed by atoms with Gasteiger partial charge < -0.3 is 10.5 Å². The lowest BCUT2D eigenvalue weighted by molar-refractivity contribution is -0.385. The lowest BCUT2D eigenvalue weighted by atomic mass is 10.0. The Morgan fingerprint density at radius 3 is 2.45 bits per heavy atom. The predicted octanol–water partition coefficient (Wildman–Crippen LogP) is 4.75. The molecule has 0 saturated heterocycles. The van der Waals surface area contributed by atoms with Gasteiger partial charge in [-0.25, -0.2) is 0 Å². The van der Waals surface area contributed by atoms with Gasteiger partial charge in [0.05, 0.1) is 11.1 Å². The summed E-state index contributed by atoms with van der Waals surface area (Å²) in [6.45, 7) is 7.75. The van der Waals surface area contributed by atoms with E-state index in [1.807, 2.05) is 39.0 Å². The van der Waals surface area contributed by atoms with E-state index in [1.165, 1.54) is 24.4 Å². The van der Waals surface area contributed by atoms with E-state index in [1.54, 1.807) is 19.1 Å². The SMILES string of the molecule is Cc1ccc(C(C)C)c(Oc2ccc(/C=N\n3c(N)cc(C)cc3=O)cc2[N+](=O)[O-])c1. The Morgan fingerprint density at radius 2 is 1.81 bits per heavy atom. The first-order valence-electron chi connectivity index (χ1n) is 9.76. The van der Waals surface area contributed by atoms with Gasteiger partial charge in [-0.1, -0.05) is 26.0 Å². The van der Waals surface area contributed by atoms with Crippen LogP contribution in [0.3, 0.4) is 0 Å². The molecule has 0 unspecified atom stereocenters. The van der Waals surface area contributed by atoms with Crippen molar-refractivity contribution in [1.29, 1.82) is 0 Å². The van der Waals surface area contributed by atoms with Gasteiger partial charge in [-0.3, -0.25) is 14.9 Å². The highest BCUT2D eigenvalue weighted by atomic mass is 16.6. The second kappa shape index (κ2) is 8.83. The molecule has 0 fully saturated rings. The number of hydrogen-bond donors (Lipinski definition) is 1. The molecule has 0 atom stereocenters. The summed E-state index contributed by atoms with van der Waals surface area (Å²) < 4.78 is 6.98. The number of anilines is 1. The van der Waals surface area contributed by atoms with Crippen molar-refractivity contribution >= 4 is 17.7 Å². The molecule has 0 radical (unpaired) electrons. The monoisotopic (exact) mass is 420 g/mol. The van der Waals surface area contributed by atoms with Gasteiger partial charge in [0.2, 0.25) is 5.75 Å². The first-order valence-corrected chi connectivity index (χ1v) is 9.76. The van der Waals surface area contributed by atoms with Crippen molar-refractivity contribution in [3.8, 4) is 11.5 Å². The van der Waals surface area contributed by atoms with Crippen LogP contribution in [-0.2, 0) is 0 Å². The largest absolute Gasteiger partial charge is 0.450 e. The van der Waals surface area contributed by atoms with E-state index in [-0.39, 0.29) is 28.7 Å². The summed E-state index contributed by atoms with van der Waals surface area (Å²) in [6.07, 6.45) is 1.34. The molecule has 0 saturated carbocycles. The molecule has 2 aromatic carbocycles. The maximum atomic E-state index is 12.1. The maximum Gasteiger partial charge on any atom is 0.312 e. The number of aryl methyl sites for hydroxylation is 2. The first-order chi connectivity index (χ1) is 14.7. The summed E-state index contributed by atoms with van der Waals surface area (Å²) in [6, 6.07) is 13.3. The van der Waals surface area contributed by atoms with Gasteiger partial charge in [-0.15, -0.1) is 0 Å². The summed E-state index contributed by atoms with van der Waals surface area (Å²) in [5, 5.41) is 15.7. The Morgan fingerprint density at radius 1 is 1.06 bits per heavy atom. The third-order valence-electron chi connectivity index (χ3n) is 4.69. The number of nitrogens with zero attached hydrogens (tertiary/aromatic N) is 3. The second-order valence-corrected chi connectivity index (χ2v) is 7.63. The summed E-state index contributed by atoms with van der Waals surface area (Å²) in [5.41, 5.74) is 8.36. The molecule has 0 bridgehead atoms. The average Bonchev–Trinajstić information content (AvgIpc) is 2.67. The van der Waals surface area contributed by atoms with Crippen LogP contribution in [0.15, 0.2) is 58.4 Å². The molecule has 31 heavy (non-hydrogen) atoms. The highest BCUT2D eigenvalue weighted by Gasteiger charge is 2.18. The predicted molar refractivity (Wildman–Crippen MR) is 121 cm³/mol. The molecule has 1 aromatic heterocycles. The van der Waals surface area contributed by atoms with E-state index >= 15 is 0 Å². The van der Waals surface area contributed by atoms with Gasteiger partial charge in [0.15, 0.2) is 0 Å². The van der Waals surface area contributed by atoms with Crippen molar-refractivity contribution in [2.45, 2.75) is 33.6 Å². The van der Waals surface area contributed by atoms with Crippen LogP contribution < -0.4 is 16.0 Å². The van der Waals surface area contributed by atoms with Gasteiger partial charge in [-0.2, -0.15) is 9.78 Å². The maximum absolute atomic E-state index is 12.1. The number of nitrogens with two attached hydrogens (primary N) is 1. The highest BCUT2D eigenvalue weighted by Crippen LogP contribution is 2.36.